The molecule has 0 unspecified atom stereocenters. The number of nitro groups is 1. The fourth-order valence-corrected chi connectivity index (χ4v) is 2.51. The molecule has 7 nitrogen and oxygen atoms in total. The summed E-state index contributed by atoms with van der Waals surface area (Å²) >= 11 is 0. The zero-order valence-corrected chi connectivity index (χ0v) is 14.6. The molecule has 2 aromatic carbocycles. The SMILES string of the molecule is COc1cccc(CCNCc2cc(OC)c(OC)cc2[N+](=O)[O-])c1. The van der Waals surface area contributed by atoms with Gasteiger partial charge in [0.1, 0.15) is 5.75 Å². The molecule has 0 heterocycles. The van der Waals surface area contributed by atoms with Crippen molar-refractivity contribution in [3.05, 3.63) is 57.6 Å². The Balaban J connectivity index is 2.02. The molecule has 0 spiro atoms. The highest BCUT2D eigenvalue weighted by atomic mass is 16.6. The van der Waals surface area contributed by atoms with E-state index in [0.717, 1.165) is 17.7 Å². The minimum Gasteiger partial charge on any atom is -0.497 e. The molecule has 0 saturated heterocycles. The lowest BCUT2D eigenvalue weighted by Crippen LogP contribution is -2.17. The highest BCUT2D eigenvalue weighted by Crippen LogP contribution is 2.34. The second-order valence-corrected chi connectivity index (χ2v) is 5.37. The van der Waals surface area contributed by atoms with Gasteiger partial charge in [-0.2, -0.15) is 0 Å². The summed E-state index contributed by atoms with van der Waals surface area (Å²) in [7, 11) is 4.59. The van der Waals surface area contributed by atoms with Crippen molar-refractivity contribution in [2.75, 3.05) is 27.9 Å². The third-order valence-corrected chi connectivity index (χ3v) is 3.82. The summed E-state index contributed by atoms with van der Waals surface area (Å²) in [4.78, 5) is 10.9. The van der Waals surface area contributed by atoms with Crippen molar-refractivity contribution in [2.45, 2.75) is 13.0 Å². The molecule has 2 rings (SSSR count). The molecule has 0 amide bonds. The summed E-state index contributed by atoms with van der Waals surface area (Å²) in [6, 6.07) is 10.8. The second kappa shape index (κ2) is 8.89. The molecule has 0 aliphatic heterocycles. The minimum atomic E-state index is -0.416. The van der Waals surface area contributed by atoms with Crippen molar-refractivity contribution in [1.82, 2.24) is 5.32 Å². The molecule has 0 atom stereocenters. The lowest BCUT2D eigenvalue weighted by Gasteiger charge is -2.11. The van der Waals surface area contributed by atoms with Crippen LogP contribution in [0.5, 0.6) is 17.2 Å². The van der Waals surface area contributed by atoms with Crippen LogP contribution in [0.25, 0.3) is 0 Å². The van der Waals surface area contributed by atoms with E-state index in [1.165, 1.54) is 20.3 Å². The van der Waals surface area contributed by atoms with Crippen LogP contribution in [-0.4, -0.2) is 32.8 Å². The lowest BCUT2D eigenvalue weighted by molar-refractivity contribution is -0.385. The zero-order chi connectivity index (χ0) is 18.2. The topological polar surface area (TPSA) is 82.9 Å². The lowest BCUT2D eigenvalue weighted by atomic mass is 10.1. The van der Waals surface area contributed by atoms with E-state index in [1.54, 1.807) is 13.2 Å². The highest BCUT2D eigenvalue weighted by molar-refractivity contribution is 5.54. The van der Waals surface area contributed by atoms with Crippen LogP contribution >= 0.6 is 0 Å². The monoisotopic (exact) mass is 346 g/mol. The van der Waals surface area contributed by atoms with E-state index < -0.39 is 4.92 Å². The molecular weight excluding hydrogens is 324 g/mol. The Morgan fingerprint density at radius 1 is 1.04 bits per heavy atom. The van der Waals surface area contributed by atoms with Crippen LogP contribution in [0.4, 0.5) is 5.69 Å². The van der Waals surface area contributed by atoms with Gasteiger partial charge in [0.25, 0.3) is 5.69 Å². The molecule has 0 saturated carbocycles. The third-order valence-electron chi connectivity index (χ3n) is 3.82. The number of methoxy groups -OCH3 is 3. The first-order chi connectivity index (χ1) is 12.1. The number of hydrogen-bond donors (Lipinski definition) is 1. The summed E-state index contributed by atoms with van der Waals surface area (Å²) in [6.45, 7) is 1.04. The van der Waals surface area contributed by atoms with Gasteiger partial charge in [-0.1, -0.05) is 12.1 Å². The van der Waals surface area contributed by atoms with Gasteiger partial charge in [0.05, 0.1) is 32.3 Å². The van der Waals surface area contributed by atoms with Crippen molar-refractivity contribution in [3.8, 4) is 17.2 Å². The van der Waals surface area contributed by atoms with E-state index in [1.807, 2.05) is 24.3 Å². The zero-order valence-electron chi connectivity index (χ0n) is 14.6. The molecule has 25 heavy (non-hydrogen) atoms. The standard InChI is InChI=1S/C18H22N2O5/c1-23-15-6-4-5-13(9-15)7-8-19-12-14-10-17(24-2)18(25-3)11-16(14)20(21)22/h4-6,9-11,19H,7-8,12H2,1-3H3. The maximum absolute atomic E-state index is 11.3. The van der Waals surface area contributed by atoms with Crippen molar-refractivity contribution < 1.29 is 19.1 Å². The van der Waals surface area contributed by atoms with Gasteiger partial charge in [-0.05, 0) is 36.7 Å². The average molecular weight is 346 g/mol. The molecule has 7 heteroatoms. The van der Waals surface area contributed by atoms with Gasteiger partial charge in [0.2, 0.25) is 0 Å². The number of nitrogens with one attached hydrogen (secondary N) is 1. The summed E-state index contributed by atoms with van der Waals surface area (Å²) in [5.41, 5.74) is 1.69. The Kier molecular flexibility index (Phi) is 6.59. The maximum Gasteiger partial charge on any atom is 0.277 e. The Morgan fingerprint density at radius 3 is 2.40 bits per heavy atom. The Bertz CT molecular complexity index is 733. The van der Waals surface area contributed by atoms with Crippen LogP contribution in [-0.2, 0) is 13.0 Å². The van der Waals surface area contributed by atoms with Crippen LogP contribution in [0.2, 0.25) is 0 Å². The van der Waals surface area contributed by atoms with Crippen LogP contribution in [0.1, 0.15) is 11.1 Å². The van der Waals surface area contributed by atoms with Crippen LogP contribution < -0.4 is 19.5 Å². The van der Waals surface area contributed by atoms with E-state index in [2.05, 4.69) is 5.32 Å². The molecule has 2 aromatic rings. The van der Waals surface area contributed by atoms with E-state index in [0.29, 0.717) is 30.2 Å². The van der Waals surface area contributed by atoms with Gasteiger partial charge < -0.3 is 19.5 Å². The second-order valence-electron chi connectivity index (χ2n) is 5.37. The van der Waals surface area contributed by atoms with Gasteiger partial charge >= 0.3 is 0 Å². The molecule has 0 fully saturated rings. The molecule has 134 valence electrons. The normalized spacial score (nSPS) is 10.4. The summed E-state index contributed by atoms with van der Waals surface area (Å²) in [5.74, 6) is 1.63. The maximum atomic E-state index is 11.3. The molecule has 0 bridgehead atoms. The number of benzene rings is 2. The van der Waals surface area contributed by atoms with Gasteiger partial charge in [-0.15, -0.1) is 0 Å². The van der Waals surface area contributed by atoms with Crippen LogP contribution in [0.3, 0.4) is 0 Å². The van der Waals surface area contributed by atoms with Crippen molar-refractivity contribution in [3.63, 3.8) is 0 Å². The van der Waals surface area contributed by atoms with Gasteiger partial charge in [-0.25, -0.2) is 0 Å². The predicted molar refractivity (Wildman–Crippen MR) is 94.6 cm³/mol. The number of nitro benzene ring substituents is 1. The Hall–Kier alpha value is -2.80. The summed E-state index contributed by atoms with van der Waals surface area (Å²) in [6.07, 6.45) is 0.790. The van der Waals surface area contributed by atoms with E-state index >= 15 is 0 Å². The summed E-state index contributed by atoms with van der Waals surface area (Å²) in [5, 5.41) is 14.5. The van der Waals surface area contributed by atoms with E-state index in [4.69, 9.17) is 14.2 Å². The molecule has 0 aliphatic rings. The van der Waals surface area contributed by atoms with Gasteiger partial charge in [-0.3, -0.25) is 10.1 Å². The quantitative estimate of drug-likeness (QED) is 0.427. The highest BCUT2D eigenvalue weighted by Gasteiger charge is 2.19. The van der Waals surface area contributed by atoms with Gasteiger partial charge in [0, 0.05) is 12.1 Å². The molecular formula is C18H22N2O5. The number of rotatable bonds is 9. The Morgan fingerprint density at radius 2 is 1.76 bits per heavy atom. The minimum absolute atomic E-state index is 0.00605. The van der Waals surface area contributed by atoms with Crippen molar-refractivity contribution in [2.24, 2.45) is 0 Å². The van der Waals surface area contributed by atoms with Gasteiger partial charge in [0.15, 0.2) is 11.5 Å². The first-order valence-electron chi connectivity index (χ1n) is 7.82. The smallest absolute Gasteiger partial charge is 0.277 e. The van der Waals surface area contributed by atoms with Crippen molar-refractivity contribution in [1.29, 1.82) is 0 Å². The first-order valence-corrected chi connectivity index (χ1v) is 7.82. The van der Waals surface area contributed by atoms with Crippen LogP contribution in [0.15, 0.2) is 36.4 Å². The largest absolute Gasteiger partial charge is 0.497 e. The fraction of sp³-hybridized carbons (Fsp3) is 0.333. The summed E-state index contributed by atoms with van der Waals surface area (Å²) < 4.78 is 15.5. The van der Waals surface area contributed by atoms with Crippen molar-refractivity contribution >= 4 is 5.69 Å². The third kappa shape index (κ3) is 4.84. The molecule has 0 radical (unpaired) electrons. The predicted octanol–water partition coefficient (Wildman–Crippen LogP) is 2.95. The van der Waals surface area contributed by atoms with E-state index in [-0.39, 0.29) is 5.69 Å². The average Bonchev–Trinajstić information content (AvgIpc) is 2.64. The Labute approximate surface area is 146 Å². The number of nitrogens with zero attached hydrogens (tertiary/aromatic N) is 1. The number of hydrogen-bond acceptors (Lipinski definition) is 6. The molecule has 0 aliphatic carbocycles. The fourth-order valence-electron chi connectivity index (χ4n) is 2.51. The number of ether oxygens (including phenoxy) is 3. The molecule has 0 aromatic heterocycles. The van der Waals surface area contributed by atoms with E-state index in [9.17, 15) is 10.1 Å². The van der Waals surface area contributed by atoms with Crippen LogP contribution in [0, 0.1) is 10.1 Å². The molecule has 1 N–H and O–H groups in total. The first kappa shape index (κ1) is 18.5.